The van der Waals surface area contributed by atoms with Crippen molar-refractivity contribution in [2.24, 2.45) is 5.92 Å². The molecule has 2 N–H and O–H groups in total. The number of amides is 3. The lowest BCUT2D eigenvalue weighted by Crippen LogP contribution is -2.47. The van der Waals surface area contributed by atoms with Crippen molar-refractivity contribution in [3.8, 4) is 0 Å². The first kappa shape index (κ1) is 16.5. The molecule has 1 heterocycles. The Labute approximate surface area is 141 Å². The van der Waals surface area contributed by atoms with Crippen molar-refractivity contribution in [2.75, 3.05) is 18.4 Å². The van der Waals surface area contributed by atoms with E-state index in [9.17, 15) is 14.4 Å². The Bertz CT molecular complexity index is 655. The van der Waals surface area contributed by atoms with Gasteiger partial charge in [-0.1, -0.05) is 12.1 Å². The van der Waals surface area contributed by atoms with Crippen molar-refractivity contribution in [3.63, 3.8) is 0 Å². The highest BCUT2D eigenvalue weighted by molar-refractivity contribution is 5.96. The number of nitrogens with zero attached hydrogens (tertiary/aromatic N) is 1. The molecule has 1 aromatic rings. The number of Topliss-reactive ketones (excluding diaryl/α,β-unsaturated/α-hetero) is 1. The van der Waals surface area contributed by atoms with Gasteiger partial charge in [-0.2, -0.15) is 0 Å². The van der Waals surface area contributed by atoms with Crippen LogP contribution >= 0.6 is 0 Å². The number of piperidine rings is 1. The number of ketones is 1. The fraction of sp³-hybridized carbons (Fsp3) is 0.500. The molecule has 0 spiro atoms. The maximum absolute atomic E-state index is 12.4. The number of rotatable bonds is 4. The van der Waals surface area contributed by atoms with Gasteiger partial charge in [0.15, 0.2) is 5.78 Å². The number of carbonyl (C=O) groups is 3. The first-order valence-corrected chi connectivity index (χ1v) is 8.50. The second-order valence-corrected chi connectivity index (χ2v) is 6.64. The van der Waals surface area contributed by atoms with E-state index >= 15 is 0 Å². The monoisotopic (exact) mass is 329 g/mol. The molecular weight excluding hydrogens is 306 g/mol. The van der Waals surface area contributed by atoms with Crippen molar-refractivity contribution in [1.29, 1.82) is 0 Å². The molecule has 0 bridgehead atoms. The second kappa shape index (κ2) is 7.03. The van der Waals surface area contributed by atoms with Crippen molar-refractivity contribution < 1.29 is 14.4 Å². The summed E-state index contributed by atoms with van der Waals surface area (Å²) in [5.41, 5.74) is 1.16. The quantitative estimate of drug-likeness (QED) is 0.833. The van der Waals surface area contributed by atoms with E-state index in [0.717, 1.165) is 25.7 Å². The van der Waals surface area contributed by atoms with Gasteiger partial charge in [0.05, 0.1) is 5.92 Å². The Morgan fingerprint density at radius 3 is 2.67 bits per heavy atom. The maximum Gasteiger partial charge on any atom is 0.321 e. The zero-order chi connectivity index (χ0) is 17.1. The third-order valence-corrected chi connectivity index (χ3v) is 4.52. The van der Waals surface area contributed by atoms with Crippen LogP contribution in [0.5, 0.6) is 0 Å². The van der Waals surface area contributed by atoms with E-state index < -0.39 is 0 Å². The third-order valence-electron chi connectivity index (χ3n) is 4.52. The van der Waals surface area contributed by atoms with Crippen LogP contribution in [0.3, 0.4) is 0 Å². The lowest BCUT2D eigenvalue weighted by molar-refractivity contribution is -0.126. The van der Waals surface area contributed by atoms with Crippen molar-refractivity contribution in [2.45, 2.75) is 38.6 Å². The molecule has 1 aliphatic carbocycles. The number of nitrogens with one attached hydrogen (secondary N) is 2. The molecule has 0 unspecified atom stereocenters. The van der Waals surface area contributed by atoms with Crippen LogP contribution in [0.25, 0.3) is 0 Å². The second-order valence-electron chi connectivity index (χ2n) is 6.64. The van der Waals surface area contributed by atoms with Crippen molar-refractivity contribution in [1.82, 2.24) is 10.2 Å². The number of carbonyl (C=O) groups excluding carboxylic acids is 3. The zero-order valence-corrected chi connectivity index (χ0v) is 13.9. The fourth-order valence-electron chi connectivity index (χ4n) is 2.94. The van der Waals surface area contributed by atoms with E-state index in [4.69, 9.17) is 0 Å². The SMILES string of the molecule is CC(=O)c1cccc(NC(=O)N2CCC[C@H](C(=O)NC3CC3)C2)c1. The molecule has 0 aromatic heterocycles. The number of benzene rings is 1. The smallest absolute Gasteiger partial charge is 0.321 e. The Kier molecular flexibility index (Phi) is 4.83. The van der Waals surface area contributed by atoms with E-state index in [0.29, 0.717) is 30.4 Å². The molecule has 1 aliphatic heterocycles. The van der Waals surface area contributed by atoms with Crippen LogP contribution < -0.4 is 10.6 Å². The van der Waals surface area contributed by atoms with Crippen LogP contribution in [0.2, 0.25) is 0 Å². The van der Waals surface area contributed by atoms with E-state index in [1.165, 1.54) is 6.92 Å². The van der Waals surface area contributed by atoms with E-state index in [-0.39, 0.29) is 23.6 Å². The molecule has 24 heavy (non-hydrogen) atoms. The first-order chi connectivity index (χ1) is 11.5. The average molecular weight is 329 g/mol. The van der Waals surface area contributed by atoms with Gasteiger partial charge < -0.3 is 15.5 Å². The molecule has 1 saturated heterocycles. The Hall–Kier alpha value is -2.37. The lowest BCUT2D eigenvalue weighted by atomic mass is 9.97. The highest BCUT2D eigenvalue weighted by atomic mass is 16.2. The van der Waals surface area contributed by atoms with Crippen LogP contribution in [0.1, 0.15) is 43.0 Å². The summed E-state index contributed by atoms with van der Waals surface area (Å²) in [6.45, 7) is 2.58. The number of hydrogen-bond acceptors (Lipinski definition) is 3. The largest absolute Gasteiger partial charge is 0.353 e. The lowest BCUT2D eigenvalue weighted by Gasteiger charge is -2.32. The predicted octanol–water partition coefficient (Wildman–Crippen LogP) is 2.41. The molecule has 1 atom stereocenters. The number of hydrogen-bond donors (Lipinski definition) is 2. The fourth-order valence-corrected chi connectivity index (χ4v) is 2.94. The van der Waals surface area contributed by atoms with Gasteiger partial charge in [-0.25, -0.2) is 4.79 Å². The van der Waals surface area contributed by atoms with E-state index in [2.05, 4.69) is 10.6 Å². The van der Waals surface area contributed by atoms with E-state index in [1.54, 1.807) is 29.2 Å². The Balaban J connectivity index is 1.58. The van der Waals surface area contributed by atoms with Gasteiger partial charge in [0.1, 0.15) is 0 Å². The van der Waals surface area contributed by atoms with Crippen LogP contribution in [0.15, 0.2) is 24.3 Å². The molecule has 6 nitrogen and oxygen atoms in total. The number of urea groups is 1. The van der Waals surface area contributed by atoms with Crippen LogP contribution in [0.4, 0.5) is 10.5 Å². The topological polar surface area (TPSA) is 78.5 Å². The third kappa shape index (κ3) is 4.13. The van der Waals surface area contributed by atoms with Crippen LogP contribution in [-0.2, 0) is 4.79 Å². The number of anilines is 1. The maximum atomic E-state index is 12.4. The Morgan fingerprint density at radius 1 is 1.17 bits per heavy atom. The molecule has 1 aromatic carbocycles. The average Bonchev–Trinajstić information content (AvgIpc) is 3.39. The van der Waals surface area contributed by atoms with Gasteiger partial charge in [0.25, 0.3) is 0 Å². The molecule has 128 valence electrons. The summed E-state index contributed by atoms with van der Waals surface area (Å²) in [4.78, 5) is 37.7. The highest BCUT2D eigenvalue weighted by Gasteiger charge is 2.31. The molecule has 0 radical (unpaired) electrons. The van der Waals surface area contributed by atoms with Gasteiger partial charge in [0.2, 0.25) is 5.91 Å². The molecule has 3 amide bonds. The van der Waals surface area contributed by atoms with Crippen molar-refractivity contribution in [3.05, 3.63) is 29.8 Å². The standard InChI is InChI=1S/C18H23N3O3/c1-12(22)13-4-2-6-16(10-13)20-18(24)21-9-3-5-14(11-21)17(23)19-15-7-8-15/h2,4,6,10,14-15H,3,5,7-9,11H2,1H3,(H,19,23)(H,20,24)/t14-/m0/s1. The summed E-state index contributed by atoms with van der Waals surface area (Å²) in [5, 5.41) is 5.84. The van der Waals surface area contributed by atoms with E-state index in [1.807, 2.05) is 0 Å². The molecule has 1 saturated carbocycles. The minimum Gasteiger partial charge on any atom is -0.353 e. The van der Waals surface area contributed by atoms with Crippen LogP contribution in [0, 0.1) is 5.92 Å². The first-order valence-electron chi connectivity index (χ1n) is 8.50. The predicted molar refractivity (Wildman–Crippen MR) is 90.9 cm³/mol. The van der Waals surface area contributed by atoms with Gasteiger partial charge in [0, 0.05) is 30.4 Å². The summed E-state index contributed by atoms with van der Waals surface area (Å²) in [7, 11) is 0. The normalized spacial score (nSPS) is 20.4. The summed E-state index contributed by atoms with van der Waals surface area (Å²) < 4.78 is 0. The van der Waals surface area contributed by atoms with Gasteiger partial charge in [-0.3, -0.25) is 9.59 Å². The summed E-state index contributed by atoms with van der Waals surface area (Å²) >= 11 is 0. The molecule has 6 heteroatoms. The summed E-state index contributed by atoms with van der Waals surface area (Å²) in [5.74, 6) is -0.108. The Morgan fingerprint density at radius 2 is 1.96 bits per heavy atom. The molecule has 2 aliphatic rings. The van der Waals surface area contributed by atoms with Crippen LogP contribution in [-0.4, -0.2) is 41.8 Å². The highest BCUT2D eigenvalue weighted by Crippen LogP contribution is 2.22. The molecule has 2 fully saturated rings. The summed E-state index contributed by atoms with van der Waals surface area (Å²) in [6.07, 6.45) is 3.77. The minimum atomic E-state index is -0.223. The molecule has 3 rings (SSSR count). The van der Waals surface area contributed by atoms with Gasteiger partial charge in [-0.15, -0.1) is 0 Å². The number of likely N-dealkylation sites (tertiary alicyclic amines) is 1. The molecular formula is C18H23N3O3. The minimum absolute atomic E-state index is 0.0408. The van der Waals surface area contributed by atoms with Crippen molar-refractivity contribution >= 4 is 23.4 Å². The van der Waals surface area contributed by atoms with Gasteiger partial charge in [-0.05, 0) is 44.7 Å². The zero-order valence-electron chi connectivity index (χ0n) is 13.9. The summed E-state index contributed by atoms with van der Waals surface area (Å²) in [6, 6.07) is 7.01. The van der Waals surface area contributed by atoms with Gasteiger partial charge >= 0.3 is 6.03 Å².